The number of rotatable bonds is 2. The number of fused-ring (bicyclic) bond motifs is 2. The molecule has 3 aliphatic heterocycles. The third-order valence-electron chi connectivity index (χ3n) is 3.91. The standard InChI is InChI=1S/C12H19NO2/c13-12(11-3-1-2-6-14-11)9-7-8-4-5-10(9)15-8/h3,8-10,12H,1-2,4-7,13H2. The second-order valence-corrected chi connectivity index (χ2v) is 4.90. The first-order valence-electron chi connectivity index (χ1n) is 6.08. The molecule has 0 aromatic carbocycles. The van der Waals surface area contributed by atoms with Gasteiger partial charge in [0.2, 0.25) is 0 Å². The van der Waals surface area contributed by atoms with Crippen molar-refractivity contribution in [1.29, 1.82) is 0 Å². The summed E-state index contributed by atoms with van der Waals surface area (Å²) in [5, 5.41) is 0. The average Bonchev–Trinajstić information content (AvgIpc) is 2.91. The van der Waals surface area contributed by atoms with Gasteiger partial charge in [0, 0.05) is 5.92 Å². The highest BCUT2D eigenvalue weighted by Crippen LogP contribution is 2.41. The van der Waals surface area contributed by atoms with E-state index in [0.29, 0.717) is 18.1 Å². The number of hydrogen-bond acceptors (Lipinski definition) is 3. The van der Waals surface area contributed by atoms with Crippen molar-refractivity contribution in [1.82, 2.24) is 0 Å². The van der Waals surface area contributed by atoms with Gasteiger partial charge in [-0.15, -0.1) is 0 Å². The molecule has 2 saturated heterocycles. The second kappa shape index (κ2) is 3.80. The Balaban J connectivity index is 1.69. The van der Waals surface area contributed by atoms with Crippen LogP contribution in [0.25, 0.3) is 0 Å². The van der Waals surface area contributed by atoms with Gasteiger partial charge in [-0.25, -0.2) is 0 Å². The van der Waals surface area contributed by atoms with Crippen molar-refractivity contribution in [2.75, 3.05) is 6.61 Å². The molecule has 0 spiro atoms. The van der Waals surface area contributed by atoms with Gasteiger partial charge in [-0.05, 0) is 38.2 Å². The molecular weight excluding hydrogens is 190 g/mol. The number of ether oxygens (including phenoxy) is 2. The molecule has 3 rings (SSSR count). The van der Waals surface area contributed by atoms with Gasteiger partial charge < -0.3 is 15.2 Å². The van der Waals surface area contributed by atoms with E-state index < -0.39 is 0 Å². The minimum atomic E-state index is 0.0700. The molecule has 15 heavy (non-hydrogen) atoms. The Morgan fingerprint density at radius 1 is 1.40 bits per heavy atom. The van der Waals surface area contributed by atoms with E-state index in [4.69, 9.17) is 15.2 Å². The monoisotopic (exact) mass is 209 g/mol. The van der Waals surface area contributed by atoms with Crippen LogP contribution in [0.1, 0.15) is 32.1 Å². The largest absolute Gasteiger partial charge is 0.497 e. The van der Waals surface area contributed by atoms with E-state index in [1.807, 2.05) is 0 Å². The van der Waals surface area contributed by atoms with Gasteiger partial charge in [0.25, 0.3) is 0 Å². The molecular formula is C12H19NO2. The molecule has 0 aromatic rings. The molecule has 0 saturated carbocycles. The summed E-state index contributed by atoms with van der Waals surface area (Å²) in [6.45, 7) is 0.835. The van der Waals surface area contributed by atoms with Crippen LogP contribution in [0.15, 0.2) is 11.8 Å². The van der Waals surface area contributed by atoms with Crippen molar-refractivity contribution in [3.63, 3.8) is 0 Å². The third kappa shape index (κ3) is 1.68. The normalized spacial score (nSPS) is 41.1. The lowest BCUT2D eigenvalue weighted by atomic mass is 9.83. The van der Waals surface area contributed by atoms with Gasteiger partial charge in [-0.2, -0.15) is 0 Å². The van der Waals surface area contributed by atoms with Crippen molar-refractivity contribution < 1.29 is 9.47 Å². The molecule has 0 amide bonds. The Kier molecular flexibility index (Phi) is 2.45. The molecule has 2 bridgehead atoms. The van der Waals surface area contributed by atoms with Crippen molar-refractivity contribution >= 4 is 0 Å². The number of allylic oxidation sites excluding steroid dienone is 1. The van der Waals surface area contributed by atoms with Crippen LogP contribution in [0.3, 0.4) is 0 Å². The molecule has 4 atom stereocenters. The fourth-order valence-corrected chi connectivity index (χ4v) is 3.07. The van der Waals surface area contributed by atoms with Crippen LogP contribution in [0.4, 0.5) is 0 Å². The summed E-state index contributed by atoms with van der Waals surface area (Å²) in [7, 11) is 0. The first-order valence-corrected chi connectivity index (χ1v) is 6.08. The Morgan fingerprint density at radius 2 is 2.33 bits per heavy atom. The maximum absolute atomic E-state index is 6.27. The summed E-state index contributed by atoms with van der Waals surface area (Å²) >= 11 is 0. The molecule has 0 aliphatic carbocycles. The highest BCUT2D eigenvalue weighted by atomic mass is 16.5. The zero-order chi connectivity index (χ0) is 10.3. The maximum atomic E-state index is 6.27. The Bertz CT molecular complexity index is 277. The van der Waals surface area contributed by atoms with Crippen LogP contribution in [-0.2, 0) is 9.47 Å². The SMILES string of the molecule is NC(C1=CCCCO1)C1CC2CCC1O2. The quantitative estimate of drug-likeness (QED) is 0.751. The lowest BCUT2D eigenvalue weighted by Gasteiger charge is -2.28. The van der Waals surface area contributed by atoms with Gasteiger partial charge in [0.1, 0.15) is 5.76 Å². The summed E-state index contributed by atoms with van der Waals surface area (Å²) in [4.78, 5) is 0. The fraction of sp³-hybridized carbons (Fsp3) is 0.833. The van der Waals surface area contributed by atoms with Gasteiger partial charge in [-0.3, -0.25) is 0 Å². The molecule has 4 unspecified atom stereocenters. The minimum absolute atomic E-state index is 0.0700. The smallest absolute Gasteiger partial charge is 0.109 e. The van der Waals surface area contributed by atoms with Crippen LogP contribution < -0.4 is 5.73 Å². The lowest BCUT2D eigenvalue weighted by molar-refractivity contribution is 0.0827. The van der Waals surface area contributed by atoms with E-state index >= 15 is 0 Å². The average molecular weight is 209 g/mol. The van der Waals surface area contributed by atoms with Crippen LogP contribution in [0.5, 0.6) is 0 Å². The highest BCUT2D eigenvalue weighted by Gasteiger charge is 2.44. The van der Waals surface area contributed by atoms with Crippen LogP contribution in [0.2, 0.25) is 0 Å². The predicted octanol–water partition coefficient (Wildman–Crippen LogP) is 1.58. The van der Waals surface area contributed by atoms with E-state index in [1.165, 1.54) is 12.8 Å². The van der Waals surface area contributed by atoms with E-state index in [0.717, 1.165) is 31.6 Å². The van der Waals surface area contributed by atoms with Crippen LogP contribution >= 0.6 is 0 Å². The molecule has 3 nitrogen and oxygen atoms in total. The van der Waals surface area contributed by atoms with Gasteiger partial charge in [-0.1, -0.05) is 0 Å². The minimum Gasteiger partial charge on any atom is -0.497 e. The summed E-state index contributed by atoms with van der Waals surface area (Å²) in [5.74, 6) is 1.51. The fourth-order valence-electron chi connectivity index (χ4n) is 3.07. The van der Waals surface area contributed by atoms with Crippen molar-refractivity contribution in [2.45, 2.75) is 50.4 Å². The molecule has 84 valence electrons. The summed E-state index contributed by atoms with van der Waals surface area (Å²) in [6.07, 6.45) is 8.84. The number of nitrogens with two attached hydrogens (primary N) is 1. The van der Waals surface area contributed by atoms with Crippen LogP contribution in [-0.4, -0.2) is 24.9 Å². The zero-order valence-corrected chi connectivity index (χ0v) is 9.02. The van der Waals surface area contributed by atoms with Gasteiger partial charge in [0.05, 0.1) is 24.9 Å². The van der Waals surface area contributed by atoms with Crippen molar-refractivity contribution in [3.8, 4) is 0 Å². The Morgan fingerprint density at radius 3 is 2.93 bits per heavy atom. The summed E-state index contributed by atoms with van der Waals surface area (Å²) in [5.41, 5.74) is 6.27. The van der Waals surface area contributed by atoms with E-state index in [-0.39, 0.29) is 6.04 Å². The first-order chi connectivity index (χ1) is 7.34. The first kappa shape index (κ1) is 9.67. The molecule has 2 fully saturated rings. The maximum Gasteiger partial charge on any atom is 0.109 e. The summed E-state index contributed by atoms with van der Waals surface area (Å²) < 4.78 is 11.5. The Labute approximate surface area is 90.6 Å². The molecule has 0 radical (unpaired) electrons. The highest BCUT2D eigenvalue weighted by molar-refractivity contribution is 5.10. The van der Waals surface area contributed by atoms with E-state index in [1.54, 1.807) is 0 Å². The van der Waals surface area contributed by atoms with Crippen LogP contribution in [0, 0.1) is 5.92 Å². The summed E-state index contributed by atoms with van der Waals surface area (Å²) in [6, 6.07) is 0.0700. The lowest BCUT2D eigenvalue weighted by Crippen LogP contribution is -2.39. The van der Waals surface area contributed by atoms with Gasteiger partial charge in [0.15, 0.2) is 0 Å². The predicted molar refractivity (Wildman–Crippen MR) is 57.2 cm³/mol. The number of hydrogen-bond donors (Lipinski definition) is 1. The molecule has 3 heteroatoms. The molecule has 3 heterocycles. The molecule has 2 N–H and O–H groups in total. The van der Waals surface area contributed by atoms with E-state index in [9.17, 15) is 0 Å². The van der Waals surface area contributed by atoms with E-state index in [2.05, 4.69) is 6.08 Å². The second-order valence-electron chi connectivity index (χ2n) is 4.90. The topological polar surface area (TPSA) is 44.5 Å². The zero-order valence-electron chi connectivity index (χ0n) is 9.02. The van der Waals surface area contributed by atoms with Crippen molar-refractivity contribution in [3.05, 3.63) is 11.8 Å². The Hall–Kier alpha value is -0.540. The van der Waals surface area contributed by atoms with Gasteiger partial charge >= 0.3 is 0 Å². The third-order valence-corrected chi connectivity index (χ3v) is 3.91. The van der Waals surface area contributed by atoms with Crippen molar-refractivity contribution in [2.24, 2.45) is 11.7 Å². The molecule has 0 aromatic heterocycles. The molecule has 3 aliphatic rings.